The number of rotatable bonds is 9. The van der Waals surface area contributed by atoms with E-state index < -0.39 is 17.8 Å². The number of hydrogen-bond donors (Lipinski definition) is 2. The van der Waals surface area contributed by atoms with Gasteiger partial charge < -0.3 is 20.5 Å². The summed E-state index contributed by atoms with van der Waals surface area (Å²) in [6.45, 7) is 1.18. The highest BCUT2D eigenvalue weighted by Crippen LogP contribution is 2.30. The monoisotopic (exact) mass is 382 g/mol. The number of nitrogens with zero attached hydrogens (tertiary/aromatic N) is 1. The number of ether oxygens (including phenoxy) is 1. The molecule has 0 aliphatic carbocycles. The van der Waals surface area contributed by atoms with Gasteiger partial charge in [0.05, 0.1) is 11.7 Å². The normalized spacial score (nSPS) is 14.2. The van der Waals surface area contributed by atoms with E-state index in [4.69, 9.17) is 10.5 Å². The van der Waals surface area contributed by atoms with Crippen LogP contribution >= 0.6 is 0 Å². The molecule has 2 atom stereocenters. The zero-order valence-electron chi connectivity index (χ0n) is 15.2. The van der Waals surface area contributed by atoms with Crippen molar-refractivity contribution in [1.29, 1.82) is 0 Å². The maximum Gasteiger partial charge on any atom is 0.416 e. The number of likely N-dealkylation sites (N-methyl/N-ethyl adjacent to an activating group) is 1. The molecule has 0 aliphatic rings. The van der Waals surface area contributed by atoms with Crippen molar-refractivity contribution < 1.29 is 23.0 Å². The Morgan fingerprint density at radius 2 is 1.70 bits per heavy atom. The fourth-order valence-electron chi connectivity index (χ4n) is 2.63. The minimum absolute atomic E-state index is 0.294. The lowest BCUT2D eigenvalue weighted by Crippen LogP contribution is -2.44. The first kappa shape index (κ1) is 21.2. The lowest BCUT2D eigenvalue weighted by Gasteiger charge is -2.24. The fourth-order valence-corrected chi connectivity index (χ4v) is 2.63. The summed E-state index contributed by atoms with van der Waals surface area (Å²) in [6, 6.07) is 13.9. The van der Waals surface area contributed by atoms with E-state index in [1.165, 1.54) is 12.1 Å². The van der Waals surface area contributed by atoms with Crippen molar-refractivity contribution in [2.24, 2.45) is 5.73 Å². The van der Waals surface area contributed by atoms with Gasteiger partial charge in [-0.05, 0) is 43.3 Å². The van der Waals surface area contributed by atoms with Crippen LogP contribution in [0.1, 0.15) is 11.1 Å². The third-order valence-electron chi connectivity index (χ3n) is 4.23. The molecule has 2 aromatic rings. The number of alkyl halides is 3. The Morgan fingerprint density at radius 3 is 2.30 bits per heavy atom. The number of benzene rings is 2. The highest BCUT2D eigenvalue weighted by molar-refractivity contribution is 5.28. The lowest BCUT2D eigenvalue weighted by molar-refractivity contribution is -0.137. The van der Waals surface area contributed by atoms with Gasteiger partial charge in [-0.25, -0.2) is 0 Å². The van der Waals surface area contributed by atoms with Crippen LogP contribution in [0.25, 0.3) is 0 Å². The zero-order valence-corrected chi connectivity index (χ0v) is 15.2. The van der Waals surface area contributed by atoms with Crippen LogP contribution in [0.15, 0.2) is 54.6 Å². The second-order valence-electron chi connectivity index (χ2n) is 6.55. The Hall–Kier alpha value is -2.09. The Kier molecular flexibility index (Phi) is 7.65. The molecule has 0 spiro atoms. The molecule has 3 N–H and O–H groups in total. The zero-order chi connectivity index (χ0) is 19.9. The lowest BCUT2D eigenvalue weighted by atomic mass is 10.0. The Balaban J connectivity index is 1.71. The molecule has 0 saturated carbocycles. The Bertz CT molecular complexity index is 678. The average molecular weight is 382 g/mol. The number of hydrogen-bond acceptors (Lipinski definition) is 4. The van der Waals surface area contributed by atoms with E-state index in [9.17, 15) is 18.3 Å². The van der Waals surface area contributed by atoms with E-state index in [2.05, 4.69) is 0 Å². The van der Waals surface area contributed by atoms with Gasteiger partial charge in [0.1, 0.15) is 12.4 Å². The minimum atomic E-state index is -4.35. The van der Waals surface area contributed by atoms with Crippen molar-refractivity contribution in [3.05, 3.63) is 65.7 Å². The van der Waals surface area contributed by atoms with Crippen molar-refractivity contribution >= 4 is 0 Å². The van der Waals surface area contributed by atoms with Gasteiger partial charge in [-0.3, -0.25) is 0 Å². The second kappa shape index (κ2) is 9.73. The summed E-state index contributed by atoms with van der Waals surface area (Å²) in [7, 11) is 1.83. The maximum absolute atomic E-state index is 12.5. The molecule has 0 saturated heterocycles. The average Bonchev–Trinajstić information content (AvgIpc) is 2.62. The van der Waals surface area contributed by atoms with Crippen LogP contribution in [0, 0.1) is 0 Å². The van der Waals surface area contributed by atoms with Gasteiger partial charge in [-0.2, -0.15) is 13.2 Å². The van der Waals surface area contributed by atoms with E-state index in [0.717, 1.165) is 17.7 Å². The molecule has 0 aliphatic heterocycles. The molecule has 27 heavy (non-hydrogen) atoms. The van der Waals surface area contributed by atoms with Crippen LogP contribution in [0.4, 0.5) is 13.2 Å². The van der Waals surface area contributed by atoms with E-state index in [1.807, 2.05) is 42.3 Å². The summed E-state index contributed by atoms with van der Waals surface area (Å²) < 4.78 is 43.0. The third kappa shape index (κ3) is 7.21. The molecule has 0 unspecified atom stereocenters. The molecule has 2 aromatic carbocycles. The van der Waals surface area contributed by atoms with Crippen LogP contribution in [0.3, 0.4) is 0 Å². The van der Waals surface area contributed by atoms with Crippen molar-refractivity contribution in [1.82, 2.24) is 4.90 Å². The molecule has 0 amide bonds. The third-order valence-corrected chi connectivity index (χ3v) is 4.23. The Morgan fingerprint density at radius 1 is 1.07 bits per heavy atom. The topological polar surface area (TPSA) is 58.7 Å². The van der Waals surface area contributed by atoms with E-state index in [1.54, 1.807) is 0 Å². The molecule has 0 heterocycles. The molecule has 2 rings (SSSR count). The summed E-state index contributed by atoms with van der Waals surface area (Å²) in [4.78, 5) is 1.87. The van der Waals surface area contributed by atoms with Crippen LogP contribution in [0.2, 0.25) is 0 Å². The molecular formula is C20H25F3N2O2. The van der Waals surface area contributed by atoms with Crippen molar-refractivity contribution in [2.75, 3.05) is 26.7 Å². The summed E-state index contributed by atoms with van der Waals surface area (Å²) >= 11 is 0. The van der Waals surface area contributed by atoms with Crippen LogP contribution in [0.5, 0.6) is 5.75 Å². The largest absolute Gasteiger partial charge is 0.492 e. The van der Waals surface area contributed by atoms with Gasteiger partial charge in [0, 0.05) is 19.1 Å². The SMILES string of the molecule is CN(CCOc1ccc(C(F)(F)F)cc1)C[C@H](O)[C@@H](N)Cc1ccccc1. The fraction of sp³-hybridized carbons (Fsp3) is 0.400. The molecule has 4 nitrogen and oxygen atoms in total. The van der Waals surface area contributed by atoms with Crippen LogP contribution < -0.4 is 10.5 Å². The number of aliphatic hydroxyl groups excluding tert-OH is 1. The van der Waals surface area contributed by atoms with E-state index in [-0.39, 0.29) is 6.04 Å². The first-order chi connectivity index (χ1) is 12.8. The second-order valence-corrected chi connectivity index (χ2v) is 6.55. The number of nitrogens with two attached hydrogens (primary N) is 1. The van der Waals surface area contributed by atoms with Gasteiger partial charge in [-0.15, -0.1) is 0 Å². The number of halogens is 3. The smallest absolute Gasteiger partial charge is 0.416 e. The van der Waals surface area contributed by atoms with Crippen molar-refractivity contribution in [3.63, 3.8) is 0 Å². The first-order valence-electron chi connectivity index (χ1n) is 8.72. The van der Waals surface area contributed by atoms with E-state index >= 15 is 0 Å². The summed E-state index contributed by atoms with van der Waals surface area (Å²) in [5, 5.41) is 10.3. The van der Waals surface area contributed by atoms with Crippen LogP contribution in [-0.4, -0.2) is 48.9 Å². The van der Waals surface area contributed by atoms with Gasteiger partial charge in [0.25, 0.3) is 0 Å². The van der Waals surface area contributed by atoms with Gasteiger partial charge >= 0.3 is 6.18 Å². The molecular weight excluding hydrogens is 357 g/mol. The summed E-state index contributed by atoms with van der Waals surface area (Å²) in [5.41, 5.74) is 6.43. The van der Waals surface area contributed by atoms with Gasteiger partial charge in [0.2, 0.25) is 0 Å². The van der Waals surface area contributed by atoms with Crippen molar-refractivity contribution in [3.8, 4) is 5.75 Å². The van der Waals surface area contributed by atoms with E-state index in [0.29, 0.717) is 31.9 Å². The molecule has 148 valence electrons. The first-order valence-corrected chi connectivity index (χ1v) is 8.72. The molecule has 0 bridgehead atoms. The highest BCUT2D eigenvalue weighted by atomic mass is 19.4. The minimum Gasteiger partial charge on any atom is -0.492 e. The molecule has 0 aromatic heterocycles. The predicted molar refractivity (Wildman–Crippen MR) is 98.6 cm³/mol. The molecule has 7 heteroatoms. The predicted octanol–water partition coefficient (Wildman–Crippen LogP) is 2.95. The van der Waals surface area contributed by atoms with Gasteiger partial charge in [-0.1, -0.05) is 30.3 Å². The number of aliphatic hydroxyl groups is 1. The quantitative estimate of drug-likeness (QED) is 0.700. The maximum atomic E-state index is 12.5. The summed E-state index contributed by atoms with van der Waals surface area (Å²) in [6.07, 6.45) is -4.47. The molecule has 0 fully saturated rings. The standard InChI is InChI=1S/C20H25F3N2O2/c1-25(14-19(26)18(24)13-15-5-3-2-4-6-15)11-12-27-17-9-7-16(8-10-17)20(21,22)23/h2-10,18-19,26H,11-14,24H2,1H3/t18-,19-/m0/s1. The Labute approximate surface area is 157 Å². The van der Waals surface area contributed by atoms with Crippen molar-refractivity contribution in [2.45, 2.75) is 24.7 Å². The van der Waals surface area contributed by atoms with Crippen LogP contribution in [-0.2, 0) is 12.6 Å². The highest BCUT2D eigenvalue weighted by Gasteiger charge is 2.30. The molecule has 0 radical (unpaired) electrons. The summed E-state index contributed by atoms with van der Waals surface area (Å²) in [5.74, 6) is 0.373. The van der Waals surface area contributed by atoms with Gasteiger partial charge in [0.15, 0.2) is 0 Å².